The number of rotatable bonds is 7. The van der Waals surface area contributed by atoms with Crippen molar-refractivity contribution >= 4 is 22.4 Å². The molecule has 150 valence electrons. The van der Waals surface area contributed by atoms with Gasteiger partial charge in [-0.05, 0) is 37.0 Å². The highest BCUT2D eigenvalue weighted by Crippen LogP contribution is 2.32. The number of hydrogen-bond acceptors (Lipinski definition) is 6. The van der Waals surface area contributed by atoms with Gasteiger partial charge in [0.1, 0.15) is 0 Å². The SMILES string of the molecule is CN=C(NCCc1ccc2c(c1)OCO2)NCCc1csc(N2CCCC2)n1. The normalized spacial score (nSPS) is 15.9. The topological polar surface area (TPSA) is 71.0 Å². The molecule has 0 radical (unpaired) electrons. The van der Waals surface area contributed by atoms with E-state index in [4.69, 9.17) is 14.5 Å². The summed E-state index contributed by atoms with van der Waals surface area (Å²) in [5.41, 5.74) is 2.36. The zero-order chi connectivity index (χ0) is 19.2. The average Bonchev–Trinajstić information content (AvgIpc) is 3.47. The smallest absolute Gasteiger partial charge is 0.231 e. The quantitative estimate of drug-likeness (QED) is 0.549. The van der Waals surface area contributed by atoms with Gasteiger partial charge in [0.15, 0.2) is 22.6 Å². The molecule has 2 aliphatic heterocycles. The van der Waals surface area contributed by atoms with Gasteiger partial charge in [0.05, 0.1) is 5.69 Å². The summed E-state index contributed by atoms with van der Waals surface area (Å²) < 4.78 is 10.8. The van der Waals surface area contributed by atoms with Crippen molar-refractivity contribution in [2.75, 3.05) is 44.9 Å². The third kappa shape index (κ3) is 4.67. The molecule has 8 heteroatoms. The van der Waals surface area contributed by atoms with Crippen LogP contribution in [0.4, 0.5) is 5.13 Å². The molecule has 1 saturated heterocycles. The Morgan fingerprint density at radius 3 is 2.75 bits per heavy atom. The maximum Gasteiger partial charge on any atom is 0.231 e. The zero-order valence-corrected chi connectivity index (χ0v) is 17.1. The summed E-state index contributed by atoms with van der Waals surface area (Å²) in [6.07, 6.45) is 4.35. The molecular weight excluding hydrogens is 374 g/mol. The van der Waals surface area contributed by atoms with Crippen molar-refractivity contribution in [1.82, 2.24) is 15.6 Å². The lowest BCUT2D eigenvalue weighted by Gasteiger charge is -2.12. The number of guanidine groups is 1. The fourth-order valence-corrected chi connectivity index (χ4v) is 4.33. The number of aliphatic imine (C=N–C) groups is 1. The van der Waals surface area contributed by atoms with Crippen LogP contribution in [-0.2, 0) is 12.8 Å². The van der Waals surface area contributed by atoms with Crippen LogP contribution in [0.25, 0.3) is 0 Å². The molecule has 1 fully saturated rings. The molecule has 1 aromatic carbocycles. The van der Waals surface area contributed by atoms with Crippen LogP contribution in [0.2, 0.25) is 0 Å². The molecule has 2 aromatic rings. The molecule has 0 aliphatic carbocycles. The van der Waals surface area contributed by atoms with E-state index in [1.807, 2.05) is 12.1 Å². The molecule has 7 nitrogen and oxygen atoms in total. The summed E-state index contributed by atoms with van der Waals surface area (Å²) in [6, 6.07) is 6.08. The number of ether oxygens (including phenoxy) is 2. The molecular formula is C20H27N5O2S. The van der Waals surface area contributed by atoms with Crippen molar-refractivity contribution in [1.29, 1.82) is 0 Å². The van der Waals surface area contributed by atoms with Crippen LogP contribution in [-0.4, -0.2) is 51.0 Å². The van der Waals surface area contributed by atoms with Gasteiger partial charge < -0.3 is 25.0 Å². The lowest BCUT2D eigenvalue weighted by Crippen LogP contribution is -2.39. The van der Waals surface area contributed by atoms with E-state index in [-0.39, 0.29) is 0 Å². The molecule has 28 heavy (non-hydrogen) atoms. The maximum absolute atomic E-state index is 5.43. The first-order valence-corrected chi connectivity index (χ1v) is 10.7. The van der Waals surface area contributed by atoms with Gasteiger partial charge in [-0.1, -0.05) is 6.07 Å². The molecule has 0 saturated carbocycles. The predicted octanol–water partition coefficient (Wildman–Crippen LogP) is 2.42. The first-order valence-electron chi connectivity index (χ1n) is 9.84. The van der Waals surface area contributed by atoms with Crippen LogP contribution in [0.5, 0.6) is 11.5 Å². The lowest BCUT2D eigenvalue weighted by atomic mass is 10.1. The van der Waals surface area contributed by atoms with E-state index in [1.165, 1.54) is 23.5 Å². The minimum atomic E-state index is 0.312. The highest BCUT2D eigenvalue weighted by molar-refractivity contribution is 7.13. The fraction of sp³-hybridized carbons (Fsp3) is 0.500. The molecule has 4 rings (SSSR count). The van der Waals surface area contributed by atoms with E-state index in [1.54, 1.807) is 18.4 Å². The molecule has 2 aliphatic rings. The van der Waals surface area contributed by atoms with Gasteiger partial charge >= 0.3 is 0 Å². The number of benzene rings is 1. The number of hydrogen-bond donors (Lipinski definition) is 2. The zero-order valence-electron chi connectivity index (χ0n) is 16.2. The Bertz CT molecular complexity index is 817. The van der Waals surface area contributed by atoms with Crippen molar-refractivity contribution in [2.24, 2.45) is 4.99 Å². The van der Waals surface area contributed by atoms with Crippen LogP contribution >= 0.6 is 11.3 Å². The van der Waals surface area contributed by atoms with Crippen molar-refractivity contribution < 1.29 is 9.47 Å². The van der Waals surface area contributed by atoms with E-state index in [2.05, 4.69) is 32.0 Å². The second-order valence-electron chi connectivity index (χ2n) is 6.93. The van der Waals surface area contributed by atoms with Crippen molar-refractivity contribution in [3.63, 3.8) is 0 Å². The van der Waals surface area contributed by atoms with E-state index < -0.39 is 0 Å². The number of fused-ring (bicyclic) bond motifs is 1. The molecule has 0 atom stereocenters. The molecule has 1 aromatic heterocycles. The Hall–Kier alpha value is -2.48. The summed E-state index contributed by atoms with van der Waals surface area (Å²) in [7, 11) is 1.80. The van der Waals surface area contributed by atoms with Gasteiger partial charge in [-0.25, -0.2) is 4.98 Å². The maximum atomic E-state index is 5.43. The van der Waals surface area contributed by atoms with Gasteiger partial charge in [-0.3, -0.25) is 4.99 Å². The largest absolute Gasteiger partial charge is 0.454 e. The Morgan fingerprint density at radius 2 is 1.93 bits per heavy atom. The number of nitrogens with zero attached hydrogens (tertiary/aromatic N) is 3. The van der Waals surface area contributed by atoms with E-state index in [9.17, 15) is 0 Å². The van der Waals surface area contributed by atoms with E-state index in [0.29, 0.717) is 6.79 Å². The van der Waals surface area contributed by atoms with Gasteiger partial charge in [-0.2, -0.15) is 0 Å². The summed E-state index contributed by atoms with van der Waals surface area (Å²) in [5.74, 6) is 2.47. The average molecular weight is 402 g/mol. The van der Waals surface area contributed by atoms with Gasteiger partial charge in [0.25, 0.3) is 0 Å². The Morgan fingerprint density at radius 1 is 1.14 bits per heavy atom. The molecule has 2 N–H and O–H groups in total. The third-order valence-electron chi connectivity index (χ3n) is 4.96. The number of anilines is 1. The van der Waals surface area contributed by atoms with Crippen molar-refractivity contribution in [3.05, 3.63) is 34.8 Å². The van der Waals surface area contributed by atoms with Crippen LogP contribution in [0.15, 0.2) is 28.6 Å². The van der Waals surface area contributed by atoms with Gasteiger partial charge in [-0.15, -0.1) is 11.3 Å². The number of aromatic nitrogens is 1. The van der Waals surface area contributed by atoms with Crippen molar-refractivity contribution in [2.45, 2.75) is 25.7 Å². The molecule has 0 amide bonds. The summed E-state index contributed by atoms with van der Waals surface area (Å²) in [4.78, 5) is 11.5. The van der Waals surface area contributed by atoms with E-state index in [0.717, 1.165) is 62.2 Å². The second-order valence-corrected chi connectivity index (χ2v) is 7.77. The first kappa shape index (κ1) is 18.9. The van der Waals surface area contributed by atoms with Crippen LogP contribution < -0.4 is 25.0 Å². The number of thiazole rings is 1. The van der Waals surface area contributed by atoms with Crippen LogP contribution in [0.3, 0.4) is 0 Å². The minimum absolute atomic E-state index is 0.312. The summed E-state index contributed by atoms with van der Waals surface area (Å²) in [5, 5.41) is 10.1. The third-order valence-corrected chi connectivity index (χ3v) is 5.91. The highest BCUT2D eigenvalue weighted by Gasteiger charge is 2.15. The highest BCUT2D eigenvalue weighted by atomic mass is 32.1. The molecule has 3 heterocycles. The number of nitrogens with one attached hydrogen (secondary N) is 2. The summed E-state index contributed by atoms with van der Waals surface area (Å²) in [6.45, 7) is 4.21. The van der Waals surface area contributed by atoms with E-state index >= 15 is 0 Å². The monoisotopic (exact) mass is 401 g/mol. The predicted molar refractivity (Wildman–Crippen MR) is 113 cm³/mol. The standard InChI is InChI=1S/C20H27N5O2S/c1-21-19(22-8-6-15-4-5-17-18(12-15)27-14-26-17)23-9-7-16-13-28-20(24-16)25-10-2-3-11-25/h4-5,12-13H,2-3,6-11,14H2,1H3,(H2,21,22,23). The molecule has 0 spiro atoms. The van der Waals surface area contributed by atoms with Crippen LogP contribution in [0.1, 0.15) is 24.1 Å². The summed E-state index contributed by atoms with van der Waals surface area (Å²) >= 11 is 1.75. The lowest BCUT2D eigenvalue weighted by molar-refractivity contribution is 0.174. The Balaban J connectivity index is 1.18. The fourth-order valence-electron chi connectivity index (χ4n) is 3.42. The Labute approximate surface area is 169 Å². The van der Waals surface area contributed by atoms with Crippen molar-refractivity contribution in [3.8, 4) is 11.5 Å². The van der Waals surface area contributed by atoms with Gasteiger partial charge in [0.2, 0.25) is 6.79 Å². The molecule has 0 bridgehead atoms. The Kier molecular flexibility index (Phi) is 6.16. The molecule has 0 unspecified atom stereocenters. The van der Waals surface area contributed by atoms with Gasteiger partial charge in [0, 0.05) is 45.0 Å². The van der Waals surface area contributed by atoms with Crippen LogP contribution in [0, 0.1) is 0 Å². The second kappa shape index (κ2) is 9.14. The minimum Gasteiger partial charge on any atom is -0.454 e. The first-order chi connectivity index (χ1) is 13.8.